The zero-order valence-corrected chi connectivity index (χ0v) is 24.5. The van der Waals surface area contributed by atoms with E-state index in [0.29, 0.717) is 42.9 Å². The first-order valence-electron chi connectivity index (χ1n) is 13.0. The van der Waals surface area contributed by atoms with Gasteiger partial charge in [-0.2, -0.15) is 5.10 Å². The van der Waals surface area contributed by atoms with Crippen molar-refractivity contribution in [1.82, 2.24) is 20.0 Å². The molecule has 3 N–H and O–H groups in total. The summed E-state index contributed by atoms with van der Waals surface area (Å²) in [5.74, 6) is -1.83. The van der Waals surface area contributed by atoms with Crippen molar-refractivity contribution in [3.63, 3.8) is 0 Å². The Balaban J connectivity index is 1.42. The third kappa shape index (κ3) is 7.90. The van der Waals surface area contributed by atoms with Gasteiger partial charge in [-0.05, 0) is 57.3 Å². The van der Waals surface area contributed by atoms with E-state index in [-0.39, 0.29) is 45.3 Å². The normalized spacial score (nSPS) is 14.4. The van der Waals surface area contributed by atoms with Crippen LogP contribution in [-0.4, -0.2) is 83.1 Å². The van der Waals surface area contributed by atoms with Crippen molar-refractivity contribution in [2.24, 2.45) is 4.99 Å². The van der Waals surface area contributed by atoms with Crippen LogP contribution in [0.1, 0.15) is 44.0 Å². The molecule has 2 heterocycles. The molecule has 11 nitrogen and oxygen atoms in total. The fourth-order valence-electron chi connectivity index (χ4n) is 4.23. The highest BCUT2D eigenvalue weighted by atomic mass is 35.5. The van der Waals surface area contributed by atoms with Crippen LogP contribution in [0.4, 0.5) is 11.4 Å². The number of carbonyl (C=O) groups excluding carboxylic acids is 4. The Kier molecular flexibility index (Phi) is 10.2. The van der Waals surface area contributed by atoms with Crippen molar-refractivity contribution in [3.8, 4) is 0 Å². The first kappa shape index (κ1) is 30.6. The highest BCUT2D eigenvalue weighted by molar-refractivity contribution is 6.40. The van der Waals surface area contributed by atoms with E-state index in [2.05, 4.69) is 25.8 Å². The van der Waals surface area contributed by atoms with Crippen LogP contribution in [0.15, 0.2) is 65.8 Å². The van der Waals surface area contributed by atoms with Crippen molar-refractivity contribution in [2.45, 2.75) is 12.8 Å². The molecule has 1 aliphatic rings. The van der Waals surface area contributed by atoms with E-state index < -0.39 is 11.8 Å². The molecule has 2 aromatic carbocycles. The number of benzene rings is 2. The molecular formula is C29H29Cl2N7O4. The van der Waals surface area contributed by atoms with Crippen molar-refractivity contribution >= 4 is 63.9 Å². The topological polar surface area (TPSA) is 140 Å². The molecule has 4 rings (SSSR count). The van der Waals surface area contributed by atoms with E-state index in [1.54, 1.807) is 41.3 Å². The third-order valence-corrected chi connectivity index (χ3v) is 6.84. The second-order valence-corrected chi connectivity index (χ2v) is 10.6. The van der Waals surface area contributed by atoms with Gasteiger partial charge < -0.3 is 20.4 Å². The maximum Gasteiger partial charge on any atom is 0.299 e. The zero-order valence-electron chi connectivity index (χ0n) is 23.0. The number of hydrogen-bond acceptors (Lipinski definition) is 6. The predicted octanol–water partition coefficient (Wildman–Crippen LogP) is 4.54. The van der Waals surface area contributed by atoms with Gasteiger partial charge in [-0.15, -0.1) is 0 Å². The first-order chi connectivity index (χ1) is 20.1. The van der Waals surface area contributed by atoms with Gasteiger partial charge in [0, 0.05) is 42.3 Å². The molecule has 1 saturated heterocycles. The number of aromatic nitrogens is 2. The lowest BCUT2D eigenvalue weighted by molar-refractivity contribution is -0.111. The number of halogens is 2. The van der Waals surface area contributed by atoms with Gasteiger partial charge in [0.05, 0.1) is 27.8 Å². The maximum atomic E-state index is 13.3. The largest absolute Gasteiger partial charge is 0.333 e. The summed E-state index contributed by atoms with van der Waals surface area (Å²) >= 11 is 12.3. The Morgan fingerprint density at radius 3 is 2.57 bits per heavy atom. The summed E-state index contributed by atoms with van der Waals surface area (Å²) in [4.78, 5) is 59.0. The SMILES string of the molecule is CN(C)C/C=C/C(=O)Nc1cccc(C(=O)N2CCC/C(=N/C(=O)c3n[nH]cc3NC(=O)c3c(Cl)cccc3Cl)C2)c1. The molecule has 0 bridgehead atoms. The molecule has 218 valence electrons. The Morgan fingerprint density at radius 2 is 1.83 bits per heavy atom. The fraction of sp³-hybridized carbons (Fsp3) is 0.241. The van der Waals surface area contributed by atoms with Gasteiger partial charge in [0.2, 0.25) is 5.91 Å². The van der Waals surface area contributed by atoms with Crippen LogP contribution < -0.4 is 10.6 Å². The lowest BCUT2D eigenvalue weighted by Gasteiger charge is -2.28. The van der Waals surface area contributed by atoms with Crippen molar-refractivity contribution in [2.75, 3.05) is 44.4 Å². The molecule has 0 atom stereocenters. The number of anilines is 2. The number of likely N-dealkylation sites (N-methyl/N-ethyl adjacent to an activating group) is 1. The number of aromatic amines is 1. The second-order valence-electron chi connectivity index (χ2n) is 9.75. The Labute approximate surface area is 252 Å². The second kappa shape index (κ2) is 14.0. The molecule has 13 heteroatoms. The molecule has 1 aliphatic heterocycles. The minimum Gasteiger partial charge on any atom is -0.333 e. The monoisotopic (exact) mass is 609 g/mol. The number of H-pyrrole nitrogens is 1. The van der Waals surface area contributed by atoms with Crippen LogP contribution >= 0.6 is 23.2 Å². The molecule has 0 aliphatic carbocycles. The van der Waals surface area contributed by atoms with Crippen LogP contribution in [0.3, 0.4) is 0 Å². The molecular weight excluding hydrogens is 581 g/mol. The van der Waals surface area contributed by atoms with Gasteiger partial charge in [0.15, 0.2) is 5.69 Å². The van der Waals surface area contributed by atoms with Crippen molar-refractivity contribution < 1.29 is 19.2 Å². The first-order valence-corrected chi connectivity index (χ1v) is 13.8. The van der Waals surface area contributed by atoms with Crippen molar-refractivity contribution in [3.05, 3.63) is 87.7 Å². The summed E-state index contributed by atoms with van der Waals surface area (Å²) in [7, 11) is 3.80. The van der Waals surface area contributed by atoms with Gasteiger partial charge in [0.1, 0.15) is 0 Å². The minimum absolute atomic E-state index is 0.0672. The molecule has 42 heavy (non-hydrogen) atoms. The number of carbonyl (C=O) groups is 4. The van der Waals surface area contributed by atoms with Gasteiger partial charge >= 0.3 is 0 Å². The van der Waals surface area contributed by atoms with E-state index in [4.69, 9.17) is 23.2 Å². The fourth-order valence-corrected chi connectivity index (χ4v) is 4.80. The van der Waals surface area contributed by atoms with Gasteiger partial charge in [-0.3, -0.25) is 24.3 Å². The maximum absolute atomic E-state index is 13.3. The molecule has 0 spiro atoms. The number of nitrogens with one attached hydrogen (secondary N) is 3. The van der Waals surface area contributed by atoms with E-state index in [1.807, 2.05) is 19.0 Å². The molecule has 1 aromatic heterocycles. The average Bonchev–Trinajstić information content (AvgIpc) is 3.41. The van der Waals surface area contributed by atoms with Gasteiger partial charge in [-0.1, -0.05) is 41.4 Å². The average molecular weight is 611 g/mol. The number of aliphatic imine (C=N–C) groups is 1. The third-order valence-electron chi connectivity index (χ3n) is 6.21. The number of likely N-dealkylation sites (tertiary alicyclic amines) is 1. The number of rotatable bonds is 8. The highest BCUT2D eigenvalue weighted by Crippen LogP contribution is 2.26. The van der Waals surface area contributed by atoms with Gasteiger partial charge in [-0.25, -0.2) is 4.99 Å². The quantitative estimate of drug-likeness (QED) is 0.320. The highest BCUT2D eigenvalue weighted by Gasteiger charge is 2.25. The lowest BCUT2D eigenvalue weighted by Crippen LogP contribution is -2.40. The predicted molar refractivity (Wildman–Crippen MR) is 163 cm³/mol. The molecule has 1 fully saturated rings. The summed E-state index contributed by atoms with van der Waals surface area (Å²) in [5, 5.41) is 12.2. The van der Waals surface area contributed by atoms with E-state index in [0.717, 1.165) is 0 Å². The standard InChI is InChI=1S/C29H29Cl2N7O4/c1-37(2)13-6-12-24(39)33-19-8-3-7-18(15-19)29(42)38-14-5-9-20(17-38)34-28(41)26-23(16-32-36-26)35-27(40)25-21(30)10-4-11-22(25)31/h3-4,6-8,10-12,15-16H,5,9,13-14,17H2,1-2H3,(H,32,36)(H,33,39)(H,35,40)/b12-6+,34-20-. The summed E-state index contributed by atoms with van der Waals surface area (Å²) in [6.45, 7) is 1.26. The Bertz CT molecular complexity index is 1540. The van der Waals surface area contributed by atoms with Crippen LogP contribution in [0, 0.1) is 0 Å². The van der Waals surface area contributed by atoms with Crippen LogP contribution in [0.25, 0.3) is 0 Å². The molecule has 4 amide bonds. The Hall–Kier alpha value is -4.32. The zero-order chi connectivity index (χ0) is 30.2. The van der Waals surface area contributed by atoms with E-state index in [9.17, 15) is 19.2 Å². The molecule has 0 saturated carbocycles. The van der Waals surface area contributed by atoms with Crippen LogP contribution in [-0.2, 0) is 4.79 Å². The van der Waals surface area contributed by atoms with Crippen molar-refractivity contribution in [1.29, 1.82) is 0 Å². The Morgan fingerprint density at radius 1 is 1.10 bits per heavy atom. The van der Waals surface area contributed by atoms with Crippen LogP contribution in [0.2, 0.25) is 10.0 Å². The summed E-state index contributed by atoms with van der Waals surface area (Å²) in [5.41, 5.74) is 1.48. The summed E-state index contributed by atoms with van der Waals surface area (Å²) in [6.07, 6.45) is 5.68. The number of piperidine rings is 1. The minimum atomic E-state index is -0.673. The lowest BCUT2D eigenvalue weighted by atomic mass is 10.1. The molecule has 0 radical (unpaired) electrons. The molecule has 0 unspecified atom stereocenters. The summed E-state index contributed by atoms with van der Waals surface area (Å²) < 4.78 is 0. The van der Waals surface area contributed by atoms with Crippen LogP contribution in [0.5, 0.6) is 0 Å². The molecule has 3 aromatic rings. The van der Waals surface area contributed by atoms with E-state index >= 15 is 0 Å². The smallest absolute Gasteiger partial charge is 0.299 e. The summed E-state index contributed by atoms with van der Waals surface area (Å²) in [6, 6.07) is 11.4. The number of nitrogens with zero attached hydrogens (tertiary/aromatic N) is 4. The number of hydrogen-bond donors (Lipinski definition) is 3. The van der Waals surface area contributed by atoms with E-state index in [1.165, 1.54) is 24.4 Å². The number of amides is 4. The van der Waals surface area contributed by atoms with Gasteiger partial charge in [0.25, 0.3) is 17.7 Å².